The Morgan fingerprint density at radius 3 is 2.15 bits per heavy atom. The van der Waals surface area contributed by atoms with Crippen LogP contribution in [0.4, 0.5) is 5.69 Å². The van der Waals surface area contributed by atoms with E-state index in [9.17, 15) is 8.42 Å². The third-order valence-corrected chi connectivity index (χ3v) is 9.05. The highest BCUT2D eigenvalue weighted by atomic mass is 32.2. The SMILES string of the molecule is COc1cc(NC(=S)N2CCC3(CCN(S(=O)(=O)c4cccc(OC)c4)CC3)C2)cc(OC)c1. The molecule has 1 spiro atoms. The van der Waals surface area contributed by atoms with E-state index in [-0.39, 0.29) is 10.3 Å². The zero-order valence-corrected chi connectivity index (χ0v) is 21.4. The highest BCUT2D eigenvalue weighted by Gasteiger charge is 2.43. The summed E-state index contributed by atoms with van der Waals surface area (Å²) >= 11 is 5.69. The maximum Gasteiger partial charge on any atom is 0.243 e. The highest BCUT2D eigenvalue weighted by Crippen LogP contribution is 2.42. The normalized spacial score (nSPS) is 18.0. The summed E-state index contributed by atoms with van der Waals surface area (Å²) in [5.41, 5.74) is 0.874. The van der Waals surface area contributed by atoms with Gasteiger partial charge in [-0.3, -0.25) is 0 Å². The van der Waals surface area contributed by atoms with Crippen molar-refractivity contribution < 1.29 is 22.6 Å². The minimum absolute atomic E-state index is 0.0677. The zero-order valence-electron chi connectivity index (χ0n) is 19.7. The van der Waals surface area contributed by atoms with Crippen molar-refractivity contribution in [2.75, 3.05) is 52.8 Å². The molecule has 2 saturated heterocycles. The van der Waals surface area contributed by atoms with Gasteiger partial charge in [0.1, 0.15) is 17.2 Å². The van der Waals surface area contributed by atoms with Crippen LogP contribution < -0.4 is 19.5 Å². The molecule has 2 aromatic carbocycles. The van der Waals surface area contributed by atoms with Crippen LogP contribution in [0.25, 0.3) is 0 Å². The molecule has 2 heterocycles. The van der Waals surface area contributed by atoms with Gasteiger partial charge in [0.25, 0.3) is 0 Å². The summed E-state index contributed by atoms with van der Waals surface area (Å²) < 4.78 is 43.8. The molecule has 184 valence electrons. The highest BCUT2D eigenvalue weighted by molar-refractivity contribution is 7.89. The first kappa shape index (κ1) is 24.6. The Balaban J connectivity index is 1.38. The Morgan fingerprint density at radius 2 is 1.53 bits per heavy atom. The number of methoxy groups -OCH3 is 3. The summed E-state index contributed by atoms with van der Waals surface area (Å²) in [5, 5.41) is 3.95. The molecule has 0 atom stereocenters. The van der Waals surface area contributed by atoms with Crippen LogP contribution in [0.3, 0.4) is 0 Å². The molecule has 0 aliphatic carbocycles. The van der Waals surface area contributed by atoms with Gasteiger partial charge in [0.15, 0.2) is 5.11 Å². The first-order valence-electron chi connectivity index (χ1n) is 11.2. The molecule has 0 saturated carbocycles. The lowest BCUT2D eigenvalue weighted by Crippen LogP contribution is -2.45. The van der Waals surface area contributed by atoms with Crippen molar-refractivity contribution in [1.82, 2.24) is 9.21 Å². The van der Waals surface area contributed by atoms with E-state index in [0.717, 1.165) is 38.0 Å². The molecule has 8 nitrogen and oxygen atoms in total. The summed E-state index contributed by atoms with van der Waals surface area (Å²) in [5.74, 6) is 1.91. The number of nitrogens with one attached hydrogen (secondary N) is 1. The lowest BCUT2D eigenvalue weighted by Gasteiger charge is -2.38. The summed E-state index contributed by atoms with van der Waals surface area (Å²) in [6.07, 6.45) is 2.61. The topological polar surface area (TPSA) is 80.3 Å². The maximum absolute atomic E-state index is 13.1. The number of ether oxygens (including phenoxy) is 3. The van der Waals surface area contributed by atoms with Crippen molar-refractivity contribution >= 4 is 33.0 Å². The third kappa shape index (κ3) is 5.08. The van der Waals surface area contributed by atoms with Crippen LogP contribution in [-0.2, 0) is 10.0 Å². The van der Waals surface area contributed by atoms with Gasteiger partial charge in [0.05, 0.1) is 26.2 Å². The Kier molecular flexibility index (Phi) is 7.20. The fourth-order valence-corrected chi connectivity index (χ4v) is 6.46. The largest absolute Gasteiger partial charge is 0.497 e. The van der Waals surface area contributed by atoms with Gasteiger partial charge in [0.2, 0.25) is 10.0 Å². The van der Waals surface area contributed by atoms with E-state index >= 15 is 0 Å². The van der Waals surface area contributed by atoms with E-state index in [1.54, 1.807) is 42.8 Å². The van der Waals surface area contributed by atoms with Crippen LogP contribution in [0.1, 0.15) is 19.3 Å². The first-order valence-corrected chi connectivity index (χ1v) is 13.1. The summed E-state index contributed by atoms with van der Waals surface area (Å²) in [6.45, 7) is 2.66. The molecule has 10 heteroatoms. The van der Waals surface area contributed by atoms with E-state index in [4.69, 9.17) is 26.4 Å². The summed E-state index contributed by atoms with van der Waals surface area (Å²) in [4.78, 5) is 2.45. The molecule has 1 N–H and O–H groups in total. The van der Waals surface area contributed by atoms with Crippen LogP contribution in [-0.4, -0.2) is 70.2 Å². The molecule has 34 heavy (non-hydrogen) atoms. The second-order valence-corrected chi connectivity index (χ2v) is 11.1. The molecule has 4 rings (SSSR count). The Bertz CT molecular complexity index is 1120. The molecule has 0 amide bonds. The molecule has 0 aromatic heterocycles. The Labute approximate surface area is 206 Å². The average Bonchev–Trinajstić information content (AvgIpc) is 3.27. The number of benzene rings is 2. The van der Waals surface area contributed by atoms with Gasteiger partial charge in [-0.25, -0.2) is 8.42 Å². The predicted octanol–water partition coefficient (Wildman–Crippen LogP) is 3.59. The monoisotopic (exact) mass is 505 g/mol. The van der Waals surface area contributed by atoms with Gasteiger partial charge in [0, 0.05) is 56.1 Å². The average molecular weight is 506 g/mol. The number of piperidine rings is 1. The van der Waals surface area contributed by atoms with Crippen LogP contribution >= 0.6 is 12.2 Å². The van der Waals surface area contributed by atoms with Gasteiger partial charge in [-0.1, -0.05) is 6.07 Å². The van der Waals surface area contributed by atoms with Gasteiger partial charge >= 0.3 is 0 Å². The minimum atomic E-state index is -3.55. The van der Waals surface area contributed by atoms with E-state index in [1.165, 1.54) is 7.11 Å². The molecule has 2 aliphatic rings. The van der Waals surface area contributed by atoms with Crippen molar-refractivity contribution in [2.24, 2.45) is 5.41 Å². The number of anilines is 1. The fourth-order valence-electron chi connectivity index (χ4n) is 4.71. The fraction of sp³-hybridized carbons (Fsp3) is 0.458. The molecule has 0 bridgehead atoms. The van der Waals surface area contributed by atoms with Crippen LogP contribution in [0.2, 0.25) is 0 Å². The lowest BCUT2D eigenvalue weighted by molar-refractivity contribution is 0.167. The standard InChI is InChI=1S/C24H31N3O5S2/c1-30-19-5-4-6-22(16-19)34(28,29)27-11-8-24(9-12-27)7-10-26(17-24)23(33)25-18-13-20(31-2)15-21(14-18)32-3/h4-6,13-16H,7-12,17H2,1-3H3,(H,25,33). The first-order chi connectivity index (χ1) is 16.3. The number of likely N-dealkylation sites (tertiary alicyclic amines) is 1. The number of thiocarbonyl (C=S) groups is 1. The summed E-state index contributed by atoms with van der Waals surface area (Å²) in [6, 6.07) is 12.2. The molecule has 2 fully saturated rings. The van der Waals surface area contributed by atoms with Crippen molar-refractivity contribution in [3.05, 3.63) is 42.5 Å². The lowest BCUT2D eigenvalue weighted by atomic mass is 9.78. The zero-order chi connectivity index (χ0) is 24.3. The number of hydrogen-bond acceptors (Lipinski definition) is 6. The van der Waals surface area contributed by atoms with Gasteiger partial charge in [-0.05, 0) is 49.0 Å². The Morgan fingerprint density at radius 1 is 0.912 bits per heavy atom. The van der Waals surface area contributed by atoms with Gasteiger partial charge < -0.3 is 24.4 Å². The van der Waals surface area contributed by atoms with Crippen molar-refractivity contribution in [1.29, 1.82) is 0 Å². The van der Waals surface area contributed by atoms with E-state index < -0.39 is 10.0 Å². The predicted molar refractivity (Wildman–Crippen MR) is 135 cm³/mol. The van der Waals surface area contributed by atoms with Crippen molar-refractivity contribution in [3.63, 3.8) is 0 Å². The van der Waals surface area contributed by atoms with Crippen LogP contribution in [0, 0.1) is 5.41 Å². The smallest absolute Gasteiger partial charge is 0.243 e. The summed E-state index contributed by atoms with van der Waals surface area (Å²) in [7, 11) is 1.21. The number of rotatable bonds is 6. The van der Waals surface area contributed by atoms with Crippen molar-refractivity contribution in [3.8, 4) is 17.2 Å². The number of hydrogen-bond donors (Lipinski definition) is 1. The van der Waals surface area contributed by atoms with Crippen molar-refractivity contribution in [2.45, 2.75) is 24.2 Å². The Hall–Kier alpha value is -2.56. The number of nitrogens with zero attached hydrogens (tertiary/aromatic N) is 2. The maximum atomic E-state index is 13.1. The van der Waals surface area contributed by atoms with E-state index in [1.807, 2.05) is 18.2 Å². The molecule has 2 aromatic rings. The molecule has 2 aliphatic heterocycles. The second-order valence-electron chi connectivity index (χ2n) is 8.79. The third-order valence-electron chi connectivity index (χ3n) is 6.79. The minimum Gasteiger partial charge on any atom is -0.497 e. The molecule has 0 radical (unpaired) electrons. The van der Waals surface area contributed by atoms with Crippen LogP contribution in [0.15, 0.2) is 47.4 Å². The van der Waals surface area contributed by atoms with Crippen LogP contribution in [0.5, 0.6) is 17.2 Å². The molecular weight excluding hydrogens is 474 g/mol. The van der Waals surface area contributed by atoms with Gasteiger partial charge in [-0.2, -0.15) is 4.31 Å². The van der Waals surface area contributed by atoms with E-state index in [2.05, 4.69) is 10.2 Å². The van der Waals surface area contributed by atoms with E-state index in [0.29, 0.717) is 35.5 Å². The number of sulfonamides is 1. The quantitative estimate of drug-likeness (QED) is 0.597. The van der Waals surface area contributed by atoms with Gasteiger partial charge in [-0.15, -0.1) is 0 Å². The second kappa shape index (κ2) is 9.97. The molecular formula is C24H31N3O5S2. The molecule has 0 unspecified atom stereocenters.